The monoisotopic (exact) mass is 287 g/mol. The molecule has 1 aromatic heterocycles. The molecule has 2 N–H and O–H groups in total. The smallest absolute Gasteiger partial charge is 0.238 e. The first-order valence-electron chi connectivity index (χ1n) is 6.15. The van der Waals surface area contributed by atoms with Crippen molar-refractivity contribution in [3.8, 4) is 0 Å². The standard InChI is InChI=1S/C15H14N2O2S/c1-11(18)12-5-4-6-13(9-12)17-14(19)10-20-15-7-2-3-8-16-15/h2-9H,10H2,1H3,(H,17,19)/p+1. The summed E-state index contributed by atoms with van der Waals surface area (Å²) in [4.78, 5) is 26.2. The summed E-state index contributed by atoms with van der Waals surface area (Å²) < 4.78 is 0. The Labute approximate surface area is 121 Å². The fraction of sp³-hybridized carbons (Fsp3) is 0.133. The number of carbonyl (C=O) groups excluding carboxylic acids is 2. The third kappa shape index (κ3) is 4.20. The molecule has 0 fully saturated rings. The number of ketones is 1. The number of carbonyl (C=O) groups is 2. The van der Waals surface area contributed by atoms with Gasteiger partial charge in [0.2, 0.25) is 10.9 Å². The van der Waals surface area contributed by atoms with Crippen LogP contribution in [0.25, 0.3) is 0 Å². The molecular weight excluding hydrogens is 272 g/mol. The summed E-state index contributed by atoms with van der Waals surface area (Å²) in [6.07, 6.45) is 1.82. The third-order valence-corrected chi connectivity index (χ3v) is 3.56. The molecule has 5 heteroatoms. The van der Waals surface area contributed by atoms with Gasteiger partial charge in [-0.15, -0.1) is 0 Å². The van der Waals surface area contributed by atoms with Crippen LogP contribution in [0.3, 0.4) is 0 Å². The molecule has 0 spiro atoms. The molecule has 0 aliphatic heterocycles. The van der Waals surface area contributed by atoms with E-state index in [1.54, 1.807) is 24.3 Å². The van der Waals surface area contributed by atoms with Crippen molar-refractivity contribution in [2.75, 3.05) is 11.1 Å². The number of aromatic amines is 1. The van der Waals surface area contributed by atoms with Crippen molar-refractivity contribution in [3.63, 3.8) is 0 Å². The lowest BCUT2D eigenvalue weighted by molar-refractivity contribution is -0.426. The fourth-order valence-electron chi connectivity index (χ4n) is 1.62. The Balaban J connectivity index is 1.91. The highest BCUT2D eigenvalue weighted by molar-refractivity contribution is 7.99. The number of nitrogens with one attached hydrogen (secondary N) is 2. The van der Waals surface area contributed by atoms with Crippen LogP contribution in [0.4, 0.5) is 5.69 Å². The summed E-state index contributed by atoms with van der Waals surface area (Å²) >= 11 is 1.42. The minimum atomic E-state index is -0.104. The number of pyridine rings is 1. The molecule has 1 heterocycles. The Hall–Kier alpha value is -2.14. The lowest BCUT2D eigenvalue weighted by Gasteiger charge is -2.05. The molecule has 1 amide bonds. The van der Waals surface area contributed by atoms with Crippen LogP contribution in [0.15, 0.2) is 53.7 Å². The maximum atomic E-state index is 11.8. The van der Waals surface area contributed by atoms with Gasteiger partial charge in [0.1, 0.15) is 0 Å². The van der Waals surface area contributed by atoms with Crippen LogP contribution < -0.4 is 10.3 Å². The van der Waals surface area contributed by atoms with E-state index in [0.717, 1.165) is 5.03 Å². The molecule has 0 bridgehead atoms. The van der Waals surface area contributed by atoms with Crippen molar-refractivity contribution in [1.29, 1.82) is 0 Å². The number of Topliss-reactive ketones (excluding diaryl/α,β-unsaturated/α-hetero) is 1. The van der Waals surface area contributed by atoms with E-state index in [1.165, 1.54) is 18.7 Å². The predicted octanol–water partition coefficient (Wildman–Crippen LogP) is 2.43. The van der Waals surface area contributed by atoms with Crippen LogP contribution in [-0.2, 0) is 4.79 Å². The van der Waals surface area contributed by atoms with E-state index in [0.29, 0.717) is 17.0 Å². The minimum absolute atomic E-state index is 0.0191. The van der Waals surface area contributed by atoms with Crippen molar-refractivity contribution < 1.29 is 14.6 Å². The first kappa shape index (κ1) is 14.3. The lowest BCUT2D eigenvalue weighted by Crippen LogP contribution is -2.15. The number of hydrogen-bond donors (Lipinski definition) is 1. The Morgan fingerprint density at radius 3 is 2.75 bits per heavy atom. The number of aromatic nitrogens is 1. The van der Waals surface area contributed by atoms with Crippen molar-refractivity contribution >= 4 is 29.1 Å². The van der Waals surface area contributed by atoms with Gasteiger partial charge in [-0.3, -0.25) is 9.59 Å². The molecule has 0 saturated carbocycles. The molecule has 0 radical (unpaired) electrons. The number of anilines is 1. The van der Waals surface area contributed by atoms with Gasteiger partial charge in [-0.25, -0.2) is 4.98 Å². The number of amides is 1. The third-order valence-electron chi connectivity index (χ3n) is 2.59. The molecular formula is C15H15N2O2S+. The summed E-state index contributed by atoms with van der Waals surface area (Å²) in [6.45, 7) is 1.50. The highest BCUT2D eigenvalue weighted by atomic mass is 32.2. The molecule has 0 unspecified atom stereocenters. The van der Waals surface area contributed by atoms with Gasteiger partial charge in [0.25, 0.3) is 0 Å². The zero-order chi connectivity index (χ0) is 14.4. The Morgan fingerprint density at radius 2 is 2.05 bits per heavy atom. The van der Waals surface area contributed by atoms with E-state index in [9.17, 15) is 9.59 Å². The Morgan fingerprint density at radius 1 is 1.20 bits per heavy atom. The van der Waals surface area contributed by atoms with Gasteiger partial charge in [0.15, 0.2) is 12.0 Å². The van der Waals surface area contributed by atoms with Gasteiger partial charge in [-0.2, -0.15) is 0 Å². The first-order valence-corrected chi connectivity index (χ1v) is 7.14. The van der Waals surface area contributed by atoms with Crippen LogP contribution in [0.1, 0.15) is 17.3 Å². The van der Waals surface area contributed by atoms with Gasteiger partial charge in [0.05, 0.1) is 5.75 Å². The van der Waals surface area contributed by atoms with E-state index < -0.39 is 0 Å². The van der Waals surface area contributed by atoms with Crippen LogP contribution in [0.5, 0.6) is 0 Å². The minimum Gasteiger partial charge on any atom is -0.325 e. The SMILES string of the molecule is CC(=O)c1cccc(NC(=O)CSc2cccc[nH+]2)c1. The van der Waals surface area contributed by atoms with Crippen LogP contribution >= 0.6 is 11.8 Å². The zero-order valence-electron chi connectivity index (χ0n) is 11.1. The summed E-state index contributed by atoms with van der Waals surface area (Å²) in [6, 6.07) is 12.6. The van der Waals surface area contributed by atoms with Gasteiger partial charge >= 0.3 is 0 Å². The topological polar surface area (TPSA) is 60.3 Å². The summed E-state index contributed by atoms with van der Waals surface area (Å²) in [5.74, 6) is 0.187. The molecule has 0 aliphatic carbocycles. The molecule has 4 nitrogen and oxygen atoms in total. The van der Waals surface area contributed by atoms with Crippen molar-refractivity contribution in [2.45, 2.75) is 11.9 Å². The molecule has 102 valence electrons. The number of hydrogen-bond acceptors (Lipinski definition) is 3. The lowest BCUT2D eigenvalue weighted by atomic mass is 10.1. The fourth-order valence-corrected chi connectivity index (χ4v) is 2.31. The molecule has 0 saturated heterocycles. The summed E-state index contributed by atoms with van der Waals surface area (Å²) in [5.41, 5.74) is 1.23. The van der Waals surface area contributed by atoms with E-state index in [1.807, 2.05) is 24.4 Å². The van der Waals surface area contributed by atoms with Crippen LogP contribution in [0, 0.1) is 0 Å². The second kappa shape index (κ2) is 6.86. The molecule has 20 heavy (non-hydrogen) atoms. The van der Waals surface area contributed by atoms with Crippen molar-refractivity contribution in [3.05, 3.63) is 54.2 Å². The second-order valence-corrected chi connectivity index (χ2v) is 5.22. The van der Waals surface area contributed by atoms with Crippen molar-refractivity contribution in [2.24, 2.45) is 0 Å². The molecule has 0 atom stereocenters. The molecule has 1 aromatic carbocycles. The van der Waals surface area contributed by atoms with Crippen molar-refractivity contribution in [1.82, 2.24) is 0 Å². The van der Waals surface area contributed by atoms with Crippen LogP contribution in [-0.4, -0.2) is 17.4 Å². The summed E-state index contributed by atoms with van der Waals surface area (Å²) in [5, 5.41) is 3.71. The Bertz CT molecular complexity index is 614. The van der Waals surface area contributed by atoms with Gasteiger partial charge in [0, 0.05) is 23.4 Å². The average molecular weight is 287 g/mol. The number of thioether (sulfide) groups is 1. The highest BCUT2D eigenvalue weighted by Gasteiger charge is 2.08. The molecule has 2 rings (SSSR count). The first-order chi connectivity index (χ1) is 9.65. The van der Waals surface area contributed by atoms with E-state index in [-0.39, 0.29) is 11.7 Å². The van der Waals surface area contributed by atoms with E-state index >= 15 is 0 Å². The van der Waals surface area contributed by atoms with E-state index in [2.05, 4.69) is 10.3 Å². The average Bonchev–Trinajstić information content (AvgIpc) is 2.46. The second-order valence-electron chi connectivity index (χ2n) is 4.20. The number of rotatable bonds is 5. The number of H-pyrrole nitrogens is 1. The van der Waals surface area contributed by atoms with Gasteiger partial charge in [-0.05, 0) is 36.9 Å². The quantitative estimate of drug-likeness (QED) is 0.678. The van der Waals surface area contributed by atoms with Gasteiger partial charge in [-0.1, -0.05) is 12.1 Å². The molecule has 0 aliphatic rings. The molecule has 2 aromatic rings. The maximum Gasteiger partial charge on any atom is 0.238 e. The summed E-state index contributed by atoms with van der Waals surface area (Å²) in [7, 11) is 0. The van der Waals surface area contributed by atoms with Crippen LogP contribution in [0.2, 0.25) is 0 Å². The predicted molar refractivity (Wildman–Crippen MR) is 78.8 cm³/mol. The zero-order valence-corrected chi connectivity index (χ0v) is 11.9. The maximum absolute atomic E-state index is 11.8. The normalized spacial score (nSPS) is 10.1. The Kier molecular flexibility index (Phi) is 4.90. The highest BCUT2D eigenvalue weighted by Crippen LogP contribution is 2.14. The van der Waals surface area contributed by atoms with E-state index in [4.69, 9.17) is 0 Å². The largest absolute Gasteiger partial charge is 0.325 e. The number of benzene rings is 1. The van der Waals surface area contributed by atoms with Gasteiger partial charge < -0.3 is 5.32 Å².